The largest absolute Gasteiger partial charge is 0.465 e. The van der Waals surface area contributed by atoms with E-state index in [1.807, 2.05) is 0 Å². The van der Waals surface area contributed by atoms with Gasteiger partial charge in [-0.2, -0.15) is 0 Å². The Morgan fingerprint density at radius 2 is 2.70 bits per heavy atom. The molecule has 0 radical (unpaired) electrons. The maximum Gasteiger partial charge on any atom is 0.284 e. The van der Waals surface area contributed by atoms with Gasteiger partial charge < -0.3 is 10.1 Å². The van der Waals surface area contributed by atoms with Gasteiger partial charge in [-0.05, 0) is 0 Å². The Morgan fingerprint density at radius 3 is 3.30 bits per heavy atom. The van der Waals surface area contributed by atoms with Crippen LogP contribution in [0, 0.1) is 0 Å². The smallest absolute Gasteiger partial charge is 0.284 e. The molecule has 0 saturated carbocycles. The predicted octanol–water partition coefficient (Wildman–Crippen LogP) is 0.538. The summed E-state index contributed by atoms with van der Waals surface area (Å²) in [7, 11) is 0. The van der Waals surface area contributed by atoms with Crippen molar-refractivity contribution in [1.82, 2.24) is 5.32 Å². The summed E-state index contributed by atoms with van der Waals surface area (Å²) in [5.74, 6) is 0. The van der Waals surface area contributed by atoms with Crippen LogP contribution in [0.3, 0.4) is 0 Å². The van der Waals surface area contributed by atoms with E-state index in [4.69, 9.17) is 4.74 Å². The zero-order valence-electron chi connectivity index (χ0n) is 5.97. The first-order valence-electron chi connectivity index (χ1n) is 3.45. The van der Waals surface area contributed by atoms with Crippen LogP contribution in [0.25, 0.3) is 0 Å². The Bertz CT molecular complexity index is 143. The van der Waals surface area contributed by atoms with E-state index in [9.17, 15) is 0 Å². The van der Waals surface area contributed by atoms with E-state index in [1.165, 1.54) is 0 Å². The van der Waals surface area contributed by atoms with E-state index in [1.54, 1.807) is 6.08 Å². The number of rotatable bonds is 2. The highest BCUT2D eigenvalue weighted by molar-refractivity contribution is 5.74. The minimum Gasteiger partial charge on any atom is -0.465 e. The molecule has 0 atom stereocenters. The molecule has 0 unspecified atom stereocenters. The number of nitrogens with zero attached hydrogens (tertiary/aromatic N) is 1. The molecule has 0 amide bonds. The summed E-state index contributed by atoms with van der Waals surface area (Å²) in [5.41, 5.74) is 0. The zero-order chi connectivity index (χ0) is 7.23. The lowest BCUT2D eigenvalue weighted by Gasteiger charge is -2.13. The Labute approximate surface area is 60.8 Å². The van der Waals surface area contributed by atoms with E-state index in [0.717, 1.165) is 26.1 Å². The monoisotopic (exact) mass is 140 g/mol. The molecule has 0 fully saturated rings. The van der Waals surface area contributed by atoms with Crippen LogP contribution in [0.4, 0.5) is 0 Å². The predicted molar refractivity (Wildman–Crippen MR) is 41.1 cm³/mol. The van der Waals surface area contributed by atoms with Crippen LogP contribution in [0.1, 0.15) is 6.42 Å². The normalized spacial score (nSPS) is 17.0. The number of nitrogens with one attached hydrogen (secondary N) is 1. The average molecular weight is 140 g/mol. The lowest BCUT2D eigenvalue weighted by Crippen LogP contribution is -2.29. The van der Waals surface area contributed by atoms with Gasteiger partial charge in [0.2, 0.25) is 0 Å². The van der Waals surface area contributed by atoms with Crippen LogP contribution in [0.15, 0.2) is 17.6 Å². The highest BCUT2D eigenvalue weighted by Crippen LogP contribution is 1.93. The number of amidine groups is 1. The maximum absolute atomic E-state index is 5.17. The Morgan fingerprint density at radius 1 is 1.80 bits per heavy atom. The van der Waals surface area contributed by atoms with Gasteiger partial charge in [0.25, 0.3) is 6.02 Å². The molecule has 0 saturated heterocycles. The highest BCUT2D eigenvalue weighted by atomic mass is 16.5. The second-order valence-electron chi connectivity index (χ2n) is 2.06. The molecule has 0 aromatic rings. The van der Waals surface area contributed by atoms with Crippen molar-refractivity contribution in [1.29, 1.82) is 0 Å². The van der Waals surface area contributed by atoms with Gasteiger partial charge in [-0.3, -0.25) is 0 Å². The fraction of sp³-hybridized carbons (Fsp3) is 0.571. The number of aliphatic imine (C=N–C) groups is 1. The van der Waals surface area contributed by atoms with Gasteiger partial charge in [0.05, 0.1) is 6.61 Å². The fourth-order valence-electron chi connectivity index (χ4n) is 0.726. The molecule has 1 aliphatic rings. The van der Waals surface area contributed by atoms with E-state index in [2.05, 4.69) is 16.9 Å². The summed E-state index contributed by atoms with van der Waals surface area (Å²) in [6.07, 6.45) is 2.81. The number of hydrogen-bond donors (Lipinski definition) is 1. The molecule has 56 valence electrons. The third-order valence-corrected chi connectivity index (χ3v) is 1.19. The first kappa shape index (κ1) is 7.12. The third kappa shape index (κ3) is 2.09. The molecule has 0 aliphatic carbocycles. The second-order valence-corrected chi connectivity index (χ2v) is 2.06. The van der Waals surface area contributed by atoms with Crippen molar-refractivity contribution in [2.24, 2.45) is 4.99 Å². The van der Waals surface area contributed by atoms with Crippen molar-refractivity contribution in [3.05, 3.63) is 12.7 Å². The Kier molecular flexibility index (Phi) is 2.80. The molecular formula is C7H12N2O. The zero-order valence-corrected chi connectivity index (χ0v) is 5.97. The molecule has 3 heteroatoms. The minimum atomic E-state index is 0.658. The summed E-state index contributed by atoms with van der Waals surface area (Å²) in [6, 6.07) is 0.658. The van der Waals surface area contributed by atoms with Gasteiger partial charge in [0.1, 0.15) is 0 Å². The molecule has 1 aliphatic heterocycles. The lowest BCUT2D eigenvalue weighted by atomic mass is 10.4. The number of ether oxygens (including phenoxy) is 1. The molecule has 1 N–H and O–H groups in total. The molecule has 0 aromatic carbocycles. The highest BCUT2D eigenvalue weighted by Gasteiger charge is 2.02. The molecule has 10 heavy (non-hydrogen) atoms. The molecule has 1 rings (SSSR count). The van der Waals surface area contributed by atoms with E-state index >= 15 is 0 Å². The third-order valence-electron chi connectivity index (χ3n) is 1.19. The second kappa shape index (κ2) is 3.93. The van der Waals surface area contributed by atoms with Crippen LogP contribution >= 0.6 is 0 Å². The van der Waals surface area contributed by atoms with E-state index in [-0.39, 0.29) is 0 Å². The summed E-state index contributed by atoms with van der Waals surface area (Å²) in [6.45, 7) is 5.95. The van der Waals surface area contributed by atoms with Gasteiger partial charge >= 0.3 is 0 Å². The quantitative estimate of drug-likeness (QED) is 0.568. The first-order valence-corrected chi connectivity index (χ1v) is 3.45. The topological polar surface area (TPSA) is 33.6 Å². The van der Waals surface area contributed by atoms with Gasteiger partial charge in [0, 0.05) is 19.5 Å². The molecular weight excluding hydrogens is 128 g/mol. The number of hydrogen-bond acceptors (Lipinski definition) is 3. The molecule has 1 heterocycles. The summed E-state index contributed by atoms with van der Waals surface area (Å²) < 4.78 is 5.17. The summed E-state index contributed by atoms with van der Waals surface area (Å²) in [5, 5.41) is 2.98. The van der Waals surface area contributed by atoms with Gasteiger partial charge in [-0.1, -0.05) is 6.08 Å². The molecule has 0 aromatic heterocycles. The lowest BCUT2D eigenvalue weighted by molar-refractivity contribution is 0.269. The van der Waals surface area contributed by atoms with Gasteiger partial charge in [0.15, 0.2) is 0 Å². The molecule has 0 bridgehead atoms. The SMILES string of the molecule is C=CCNC1=NCCCO1. The van der Waals surface area contributed by atoms with Crippen molar-refractivity contribution in [3.8, 4) is 0 Å². The van der Waals surface area contributed by atoms with Crippen LogP contribution in [0.5, 0.6) is 0 Å². The molecule has 0 spiro atoms. The van der Waals surface area contributed by atoms with Crippen LogP contribution < -0.4 is 5.32 Å². The minimum absolute atomic E-state index is 0.658. The van der Waals surface area contributed by atoms with E-state index < -0.39 is 0 Å². The Balaban J connectivity index is 2.24. The van der Waals surface area contributed by atoms with Crippen molar-refractivity contribution >= 4 is 6.02 Å². The van der Waals surface area contributed by atoms with Gasteiger partial charge in [-0.25, -0.2) is 4.99 Å². The van der Waals surface area contributed by atoms with Crippen molar-refractivity contribution in [2.75, 3.05) is 19.7 Å². The van der Waals surface area contributed by atoms with Crippen LogP contribution in [0.2, 0.25) is 0 Å². The van der Waals surface area contributed by atoms with E-state index in [0.29, 0.717) is 6.02 Å². The van der Waals surface area contributed by atoms with Crippen LogP contribution in [-0.2, 0) is 4.74 Å². The first-order chi connectivity index (χ1) is 4.93. The standard InChI is InChI=1S/C7H12N2O/c1-2-4-8-7-9-5-3-6-10-7/h2H,1,3-6H2,(H,8,9). The Hall–Kier alpha value is -0.990. The van der Waals surface area contributed by atoms with Crippen molar-refractivity contribution in [3.63, 3.8) is 0 Å². The average Bonchev–Trinajstić information content (AvgIpc) is 2.03. The maximum atomic E-state index is 5.17. The van der Waals surface area contributed by atoms with Crippen molar-refractivity contribution in [2.45, 2.75) is 6.42 Å². The van der Waals surface area contributed by atoms with Gasteiger partial charge in [-0.15, -0.1) is 6.58 Å². The van der Waals surface area contributed by atoms with Crippen LogP contribution in [-0.4, -0.2) is 25.7 Å². The fourth-order valence-corrected chi connectivity index (χ4v) is 0.726. The molecule has 3 nitrogen and oxygen atoms in total. The summed E-state index contributed by atoms with van der Waals surface area (Å²) >= 11 is 0. The van der Waals surface area contributed by atoms with Crippen molar-refractivity contribution < 1.29 is 4.74 Å². The summed E-state index contributed by atoms with van der Waals surface area (Å²) in [4.78, 5) is 4.10.